The molecular formula is C6H9CoO3. The Balaban J connectivity index is 0. The second-order valence-electron chi connectivity index (χ2n) is 0.977. The van der Waals surface area contributed by atoms with E-state index in [0.717, 1.165) is 0 Å². The molecule has 0 N–H and O–H groups in total. The van der Waals surface area contributed by atoms with Crippen molar-refractivity contribution in [1.29, 1.82) is 0 Å². The molecule has 60 valence electrons. The summed E-state index contributed by atoms with van der Waals surface area (Å²) in [5, 5.41) is 1.06. The van der Waals surface area contributed by atoms with Crippen molar-refractivity contribution in [3.8, 4) is 0 Å². The summed E-state index contributed by atoms with van der Waals surface area (Å²) >= 11 is -1.58. The van der Waals surface area contributed by atoms with Gasteiger partial charge < -0.3 is 0 Å². The van der Waals surface area contributed by atoms with E-state index in [0.29, 0.717) is 15.7 Å². The predicted octanol–water partition coefficient (Wildman–Crippen LogP) is 0.367. The standard InChI is InChI=1S/C3H6.3CHO.Co/c1-3-2;3*1-2;/h3H,1H2,2H3;3*1H;. The summed E-state index contributed by atoms with van der Waals surface area (Å²) in [6.07, 6.45) is 1.75. The van der Waals surface area contributed by atoms with Gasteiger partial charge in [0.05, 0.1) is 0 Å². The van der Waals surface area contributed by atoms with E-state index in [1.165, 1.54) is 0 Å². The fraction of sp³-hybridized carbons (Fsp3) is 0.167. The number of carbonyl (C=O) groups is 3. The fourth-order valence-corrected chi connectivity index (χ4v) is 0.229. The van der Waals surface area contributed by atoms with Crippen molar-refractivity contribution in [2.45, 2.75) is 6.92 Å². The van der Waals surface area contributed by atoms with Crippen LogP contribution in [0.2, 0.25) is 0 Å². The molecule has 0 aliphatic carbocycles. The van der Waals surface area contributed by atoms with E-state index in [-0.39, 0.29) is 0 Å². The molecule has 0 aliphatic heterocycles. The third kappa shape index (κ3) is 10.3. The van der Waals surface area contributed by atoms with Crippen molar-refractivity contribution in [2.75, 3.05) is 0 Å². The molecule has 0 rings (SSSR count). The summed E-state index contributed by atoms with van der Waals surface area (Å²) in [6.45, 7) is 5.25. The SMILES string of the molecule is C=CC.O=[CH][Co]([CH]=O)[CH]=O. The Labute approximate surface area is 63.9 Å². The molecule has 3 nitrogen and oxygen atoms in total. The second kappa shape index (κ2) is 11.1. The van der Waals surface area contributed by atoms with Crippen LogP contribution in [0, 0.1) is 0 Å². The first kappa shape index (κ1) is 12.0. The molecule has 0 atom stereocenters. The minimum absolute atomic E-state index is 0.354. The molecule has 0 aromatic carbocycles. The Morgan fingerprint density at radius 3 is 1.30 bits per heavy atom. The van der Waals surface area contributed by atoms with Crippen molar-refractivity contribution in [1.82, 2.24) is 0 Å². The van der Waals surface area contributed by atoms with Crippen LogP contribution in [0.15, 0.2) is 12.7 Å². The maximum absolute atomic E-state index is 9.53. The monoisotopic (exact) mass is 188 g/mol. The molecule has 0 spiro atoms. The van der Waals surface area contributed by atoms with Crippen LogP contribution in [0.3, 0.4) is 0 Å². The molecule has 4 heteroatoms. The predicted molar refractivity (Wildman–Crippen MR) is 36.1 cm³/mol. The van der Waals surface area contributed by atoms with Gasteiger partial charge in [-0.2, -0.15) is 0 Å². The van der Waals surface area contributed by atoms with Crippen LogP contribution in [0.4, 0.5) is 0 Å². The minimum atomic E-state index is -1.58. The first-order chi connectivity index (χ1) is 4.76. The molecule has 0 saturated carbocycles. The second-order valence-corrected chi connectivity index (χ2v) is 2.75. The third-order valence-corrected chi connectivity index (χ3v) is 1.12. The van der Waals surface area contributed by atoms with Gasteiger partial charge >= 0.3 is 43.7 Å². The zero-order valence-electron chi connectivity index (χ0n) is 5.57. The van der Waals surface area contributed by atoms with Gasteiger partial charge in [-0.05, 0) is 6.92 Å². The Morgan fingerprint density at radius 2 is 1.30 bits per heavy atom. The van der Waals surface area contributed by atoms with E-state index in [9.17, 15) is 14.4 Å². The van der Waals surface area contributed by atoms with E-state index in [4.69, 9.17) is 0 Å². The summed E-state index contributed by atoms with van der Waals surface area (Å²) in [7, 11) is 0. The number of hydrogen-bond acceptors (Lipinski definition) is 3. The van der Waals surface area contributed by atoms with Crippen molar-refractivity contribution in [3.05, 3.63) is 12.7 Å². The molecule has 0 unspecified atom stereocenters. The van der Waals surface area contributed by atoms with E-state index in [2.05, 4.69) is 6.58 Å². The normalized spacial score (nSPS) is 7.90. The summed E-state index contributed by atoms with van der Waals surface area (Å²) in [4.78, 5) is 28.6. The summed E-state index contributed by atoms with van der Waals surface area (Å²) < 4.78 is 0. The number of rotatable bonds is 3. The van der Waals surface area contributed by atoms with Crippen molar-refractivity contribution >= 4 is 15.7 Å². The van der Waals surface area contributed by atoms with E-state index in [1.54, 1.807) is 6.08 Å². The summed E-state index contributed by atoms with van der Waals surface area (Å²) in [5.41, 5.74) is 0. The van der Waals surface area contributed by atoms with Gasteiger partial charge in [0.2, 0.25) is 0 Å². The first-order valence-electron chi connectivity index (χ1n) is 2.27. The molecule has 0 aromatic rings. The van der Waals surface area contributed by atoms with Crippen molar-refractivity contribution in [2.24, 2.45) is 0 Å². The summed E-state index contributed by atoms with van der Waals surface area (Å²) in [6, 6.07) is 0. The third-order valence-electron chi connectivity index (χ3n) is 0.272. The van der Waals surface area contributed by atoms with Gasteiger partial charge in [-0.1, -0.05) is 6.08 Å². The molecule has 0 amide bonds. The van der Waals surface area contributed by atoms with Crippen LogP contribution in [0.1, 0.15) is 6.92 Å². The van der Waals surface area contributed by atoms with Gasteiger partial charge in [0.25, 0.3) is 0 Å². The van der Waals surface area contributed by atoms with Crippen LogP contribution < -0.4 is 0 Å². The van der Waals surface area contributed by atoms with Crippen molar-refractivity contribution in [3.63, 3.8) is 0 Å². The fourth-order valence-electron chi connectivity index (χ4n) is 0.0556. The average Bonchev–Trinajstić information content (AvgIpc) is 1.93. The topological polar surface area (TPSA) is 51.2 Å². The van der Waals surface area contributed by atoms with Gasteiger partial charge in [-0.15, -0.1) is 6.58 Å². The molecule has 0 heterocycles. The molecule has 0 aliphatic rings. The Morgan fingerprint density at radius 1 is 1.10 bits per heavy atom. The van der Waals surface area contributed by atoms with Gasteiger partial charge in [-0.3, -0.25) is 0 Å². The van der Waals surface area contributed by atoms with E-state index >= 15 is 0 Å². The zero-order chi connectivity index (χ0) is 8.41. The van der Waals surface area contributed by atoms with Crippen LogP contribution in [0.25, 0.3) is 0 Å². The molecule has 0 radical (unpaired) electrons. The van der Waals surface area contributed by atoms with Gasteiger partial charge in [0, 0.05) is 0 Å². The molecular weight excluding hydrogens is 179 g/mol. The van der Waals surface area contributed by atoms with Crippen LogP contribution in [-0.4, -0.2) is 15.7 Å². The van der Waals surface area contributed by atoms with Gasteiger partial charge in [0.1, 0.15) is 0 Å². The zero-order valence-corrected chi connectivity index (χ0v) is 6.62. The van der Waals surface area contributed by atoms with E-state index in [1.807, 2.05) is 6.92 Å². The number of carbonyl (C=O) groups excluding carboxylic acids is 3. The average molecular weight is 188 g/mol. The van der Waals surface area contributed by atoms with Crippen molar-refractivity contribution < 1.29 is 28.0 Å². The molecule has 0 fully saturated rings. The van der Waals surface area contributed by atoms with Crippen LogP contribution in [-0.2, 0) is 28.0 Å². The Hall–Kier alpha value is -0.744. The van der Waals surface area contributed by atoms with Crippen LogP contribution in [0.5, 0.6) is 0 Å². The molecule has 0 aromatic heterocycles. The maximum atomic E-state index is 9.53. The molecule has 10 heavy (non-hydrogen) atoms. The van der Waals surface area contributed by atoms with Crippen LogP contribution >= 0.6 is 0 Å². The quantitative estimate of drug-likeness (QED) is 0.474. The Bertz CT molecular complexity index is 103. The molecule has 0 saturated heterocycles. The first-order valence-corrected chi connectivity index (χ1v) is 4.07. The number of hydrogen-bond donors (Lipinski definition) is 0. The van der Waals surface area contributed by atoms with Gasteiger partial charge in [-0.25, -0.2) is 0 Å². The number of allylic oxidation sites excluding steroid dienone is 1. The Kier molecular flexibility index (Phi) is 13.3. The molecule has 0 bridgehead atoms. The van der Waals surface area contributed by atoms with Gasteiger partial charge in [0.15, 0.2) is 0 Å². The summed E-state index contributed by atoms with van der Waals surface area (Å²) in [5.74, 6) is 0. The van der Waals surface area contributed by atoms with E-state index < -0.39 is 13.7 Å².